The molecule has 0 bridgehead atoms. The van der Waals surface area contributed by atoms with Gasteiger partial charge in [-0.3, -0.25) is 14.5 Å². The van der Waals surface area contributed by atoms with Crippen molar-refractivity contribution in [3.05, 3.63) is 35.4 Å². The molecule has 0 aromatic heterocycles. The minimum absolute atomic E-state index is 0.0120. The molecule has 0 saturated carbocycles. The van der Waals surface area contributed by atoms with Gasteiger partial charge in [-0.25, -0.2) is 0 Å². The molecule has 1 unspecified atom stereocenters. The number of hydrogen-bond donors (Lipinski definition) is 2. The van der Waals surface area contributed by atoms with Crippen molar-refractivity contribution in [3.63, 3.8) is 0 Å². The number of hydrogen-bond acceptors (Lipinski definition) is 3. The van der Waals surface area contributed by atoms with Crippen molar-refractivity contribution in [1.82, 2.24) is 15.5 Å². The number of benzene rings is 1. The van der Waals surface area contributed by atoms with Crippen molar-refractivity contribution in [2.24, 2.45) is 0 Å². The fourth-order valence-electron chi connectivity index (χ4n) is 3.54. The van der Waals surface area contributed by atoms with Crippen LogP contribution in [0.1, 0.15) is 49.7 Å². The van der Waals surface area contributed by atoms with E-state index in [0.717, 1.165) is 44.5 Å². The molecular formula is C19H27N3O2. The molecule has 0 aliphatic carbocycles. The Morgan fingerprint density at radius 2 is 1.88 bits per heavy atom. The Kier molecular flexibility index (Phi) is 5.86. The third kappa shape index (κ3) is 4.57. The van der Waals surface area contributed by atoms with Crippen molar-refractivity contribution in [2.75, 3.05) is 13.1 Å². The van der Waals surface area contributed by atoms with E-state index in [1.807, 2.05) is 6.07 Å². The molecule has 0 radical (unpaired) electrons. The molecule has 5 heteroatoms. The van der Waals surface area contributed by atoms with Gasteiger partial charge in [0.2, 0.25) is 11.8 Å². The van der Waals surface area contributed by atoms with Crippen LogP contribution in [0.4, 0.5) is 0 Å². The van der Waals surface area contributed by atoms with E-state index < -0.39 is 0 Å². The number of rotatable bonds is 5. The van der Waals surface area contributed by atoms with E-state index in [9.17, 15) is 9.59 Å². The lowest BCUT2D eigenvalue weighted by atomic mass is 10.1. The van der Waals surface area contributed by atoms with Crippen molar-refractivity contribution >= 4 is 11.8 Å². The Morgan fingerprint density at radius 3 is 2.67 bits per heavy atom. The van der Waals surface area contributed by atoms with Crippen LogP contribution in [-0.4, -0.2) is 35.8 Å². The normalized spacial score (nSPS) is 22.0. The van der Waals surface area contributed by atoms with Crippen molar-refractivity contribution in [1.29, 1.82) is 0 Å². The van der Waals surface area contributed by atoms with Gasteiger partial charge in [0.05, 0.1) is 0 Å². The summed E-state index contributed by atoms with van der Waals surface area (Å²) in [6, 6.07) is 7.92. The molecule has 2 amide bonds. The summed E-state index contributed by atoms with van der Waals surface area (Å²) in [7, 11) is 0. The Labute approximate surface area is 143 Å². The van der Waals surface area contributed by atoms with Crippen LogP contribution in [0.5, 0.6) is 0 Å². The van der Waals surface area contributed by atoms with Crippen LogP contribution in [0, 0.1) is 0 Å². The summed E-state index contributed by atoms with van der Waals surface area (Å²) in [5, 5.41) is 5.84. The lowest BCUT2D eigenvalue weighted by Crippen LogP contribution is -2.45. The smallest absolute Gasteiger partial charge is 0.242 e. The molecule has 2 aliphatic rings. The molecule has 2 saturated heterocycles. The molecular weight excluding hydrogens is 302 g/mol. The van der Waals surface area contributed by atoms with E-state index in [0.29, 0.717) is 13.0 Å². The van der Waals surface area contributed by atoms with Gasteiger partial charge in [0.1, 0.15) is 6.04 Å². The highest BCUT2D eigenvalue weighted by Gasteiger charge is 2.23. The fraction of sp³-hybridized carbons (Fsp3) is 0.579. The number of carbonyl (C=O) groups excluding carboxylic acids is 2. The van der Waals surface area contributed by atoms with Gasteiger partial charge >= 0.3 is 0 Å². The quantitative estimate of drug-likeness (QED) is 0.868. The third-order valence-corrected chi connectivity index (χ3v) is 4.96. The summed E-state index contributed by atoms with van der Waals surface area (Å²) in [4.78, 5) is 26.5. The van der Waals surface area contributed by atoms with Crippen molar-refractivity contribution in [2.45, 2.75) is 57.7 Å². The monoisotopic (exact) mass is 329 g/mol. The van der Waals surface area contributed by atoms with Crippen LogP contribution in [0.15, 0.2) is 24.3 Å². The lowest BCUT2D eigenvalue weighted by Gasteiger charge is -2.19. The van der Waals surface area contributed by atoms with E-state index in [-0.39, 0.29) is 17.9 Å². The predicted molar refractivity (Wildman–Crippen MR) is 93.2 cm³/mol. The molecule has 24 heavy (non-hydrogen) atoms. The van der Waals surface area contributed by atoms with E-state index >= 15 is 0 Å². The highest BCUT2D eigenvalue weighted by atomic mass is 16.2. The van der Waals surface area contributed by atoms with Gasteiger partial charge in [-0.2, -0.15) is 0 Å². The summed E-state index contributed by atoms with van der Waals surface area (Å²) in [6.07, 6.45) is 5.60. The zero-order valence-corrected chi connectivity index (χ0v) is 14.2. The number of nitrogens with zero attached hydrogens (tertiary/aromatic N) is 1. The standard InChI is InChI=1S/C19H27N3O2/c23-18-10-4-3-9-17(21-18)19(24)20-13-15-7-1-2-8-16(15)14-22-11-5-6-12-22/h1-2,7-8,17H,3-6,9-14H2,(H,20,24)(H,21,23). The molecule has 1 aromatic carbocycles. The largest absolute Gasteiger partial charge is 0.350 e. The Balaban J connectivity index is 1.57. The van der Waals surface area contributed by atoms with Crippen LogP contribution >= 0.6 is 0 Å². The Morgan fingerprint density at radius 1 is 1.12 bits per heavy atom. The van der Waals surface area contributed by atoms with Gasteiger partial charge in [0.15, 0.2) is 0 Å². The van der Waals surface area contributed by atoms with Gasteiger partial charge in [-0.1, -0.05) is 30.7 Å². The number of carbonyl (C=O) groups is 2. The van der Waals surface area contributed by atoms with Crippen LogP contribution in [0.25, 0.3) is 0 Å². The maximum absolute atomic E-state index is 12.4. The molecule has 2 N–H and O–H groups in total. The average molecular weight is 329 g/mol. The fourth-order valence-corrected chi connectivity index (χ4v) is 3.54. The summed E-state index contributed by atoms with van der Waals surface area (Å²) < 4.78 is 0. The minimum Gasteiger partial charge on any atom is -0.350 e. The van der Waals surface area contributed by atoms with E-state index in [4.69, 9.17) is 0 Å². The highest BCUT2D eigenvalue weighted by Crippen LogP contribution is 2.16. The second kappa shape index (κ2) is 8.29. The molecule has 2 fully saturated rings. The van der Waals surface area contributed by atoms with Crippen LogP contribution in [0.3, 0.4) is 0 Å². The van der Waals surface area contributed by atoms with Gasteiger partial charge in [0, 0.05) is 19.5 Å². The molecule has 2 aliphatic heterocycles. The minimum atomic E-state index is -0.384. The van der Waals surface area contributed by atoms with Crippen LogP contribution in [0.2, 0.25) is 0 Å². The summed E-state index contributed by atoms with van der Waals surface area (Å²) in [6.45, 7) is 3.80. The molecule has 0 spiro atoms. The topological polar surface area (TPSA) is 61.4 Å². The second-order valence-electron chi connectivity index (χ2n) is 6.84. The molecule has 2 heterocycles. The molecule has 3 rings (SSSR count). The zero-order chi connectivity index (χ0) is 16.8. The number of likely N-dealkylation sites (tertiary alicyclic amines) is 1. The van der Waals surface area contributed by atoms with E-state index in [1.165, 1.54) is 18.4 Å². The second-order valence-corrected chi connectivity index (χ2v) is 6.84. The van der Waals surface area contributed by atoms with Gasteiger partial charge in [0.25, 0.3) is 0 Å². The molecule has 1 aromatic rings. The first-order valence-electron chi connectivity index (χ1n) is 9.08. The summed E-state index contributed by atoms with van der Waals surface area (Å²) in [5.74, 6) is -0.0803. The number of amides is 2. The Bertz CT molecular complexity index is 582. The van der Waals surface area contributed by atoms with Gasteiger partial charge in [-0.05, 0) is 49.9 Å². The maximum atomic E-state index is 12.4. The zero-order valence-electron chi connectivity index (χ0n) is 14.2. The first-order chi connectivity index (χ1) is 11.7. The first-order valence-corrected chi connectivity index (χ1v) is 9.08. The van der Waals surface area contributed by atoms with Crippen molar-refractivity contribution in [3.8, 4) is 0 Å². The molecule has 130 valence electrons. The van der Waals surface area contributed by atoms with E-state index in [1.54, 1.807) is 0 Å². The third-order valence-electron chi connectivity index (χ3n) is 4.96. The molecule has 1 atom stereocenters. The first kappa shape index (κ1) is 17.0. The van der Waals surface area contributed by atoms with Gasteiger partial charge in [-0.15, -0.1) is 0 Å². The maximum Gasteiger partial charge on any atom is 0.242 e. The SMILES string of the molecule is O=C1CCCCC(C(=O)NCc2ccccc2CN2CCCC2)N1. The highest BCUT2D eigenvalue weighted by molar-refractivity contribution is 5.87. The lowest BCUT2D eigenvalue weighted by molar-refractivity contribution is -0.128. The van der Waals surface area contributed by atoms with E-state index in [2.05, 4.69) is 33.7 Å². The van der Waals surface area contributed by atoms with Crippen LogP contribution < -0.4 is 10.6 Å². The summed E-state index contributed by atoms with van der Waals surface area (Å²) in [5.41, 5.74) is 2.45. The number of nitrogens with one attached hydrogen (secondary N) is 2. The Hall–Kier alpha value is -1.88. The summed E-state index contributed by atoms with van der Waals surface area (Å²) >= 11 is 0. The van der Waals surface area contributed by atoms with Crippen LogP contribution in [-0.2, 0) is 22.7 Å². The average Bonchev–Trinajstić information content (AvgIpc) is 3.00. The molecule has 5 nitrogen and oxygen atoms in total. The van der Waals surface area contributed by atoms with Gasteiger partial charge < -0.3 is 10.6 Å². The van der Waals surface area contributed by atoms with Crippen molar-refractivity contribution < 1.29 is 9.59 Å². The predicted octanol–water partition coefficient (Wildman–Crippen LogP) is 1.96.